The number of pyridine rings is 1. The Hall–Kier alpha value is -2.89. The minimum Gasteiger partial charge on any atom is -0.363 e. The first kappa shape index (κ1) is 16.0. The molecule has 6 heteroatoms. The van der Waals surface area contributed by atoms with Gasteiger partial charge < -0.3 is 14.8 Å². The number of amides is 1. The van der Waals surface area contributed by atoms with E-state index >= 15 is 0 Å². The first-order valence-electron chi connectivity index (χ1n) is 7.79. The lowest BCUT2D eigenvalue weighted by atomic mass is 10.2. The molecule has 124 valence electrons. The molecule has 3 aromatic rings. The molecule has 0 aliphatic rings. The Kier molecular flexibility index (Phi) is 4.20. The van der Waals surface area contributed by atoms with E-state index < -0.39 is 0 Å². The number of aromatic nitrogens is 3. The summed E-state index contributed by atoms with van der Waals surface area (Å²) in [5.74, 6) is 1.66. The van der Waals surface area contributed by atoms with Crippen molar-refractivity contribution in [2.24, 2.45) is 7.05 Å². The molecule has 3 rings (SSSR count). The predicted octanol–water partition coefficient (Wildman–Crippen LogP) is 2.27. The average Bonchev–Trinajstić information content (AvgIpc) is 2.86. The maximum Gasteiger partial charge on any atom is 0.253 e. The van der Waals surface area contributed by atoms with Crippen LogP contribution in [0.4, 0.5) is 5.82 Å². The van der Waals surface area contributed by atoms with Gasteiger partial charge in [-0.05, 0) is 36.8 Å². The summed E-state index contributed by atoms with van der Waals surface area (Å²) < 4.78 is 2.05. The molecule has 2 heterocycles. The lowest BCUT2D eigenvalue weighted by molar-refractivity contribution is 0.0950. The Labute approximate surface area is 141 Å². The van der Waals surface area contributed by atoms with Crippen molar-refractivity contribution in [3.8, 4) is 0 Å². The zero-order valence-corrected chi connectivity index (χ0v) is 14.4. The van der Waals surface area contributed by atoms with E-state index in [1.807, 2.05) is 57.2 Å². The van der Waals surface area contributed by atoms with Crippen LogP contribution in [0.1, 0.15) is 21.7 Å². The Balaban J connectivity index is 1.69. The minimum atomic E-state index is -0.134. The van der Waals surface area contributed by atoms with Gasteiger partial charge in [0.25, 0.3) is 5.91 Å². The van der Waals surface area contributed by atoms with E-state index in [0.717, 1.165) is 28.2 Å². The van der Waals surface area contributed by atoms with Gasteiger partial charge in [0.15, 0.2) is 0 Å². The summed E-state index contributed by atoms with van der Waals surface area (Å²) in [7, 11) is 5.83. The van der Waals surface area contributed by atoms with Gasteiger partial charge >= 0.3 is 0 Å². The normalized spacial score (nSPS) is 10.8. The molecular formula is C18H21N5O. The van der Waals surface area contributed by atoms with Crippen LogP contribution in [0.5, 0.6) is 0 Å². The number of imidazole rings is 1. The fourth-order valence-electron chi connectivity index (χ4n) is 2.55. The Morgan fingerprint density at radius 3 is 2.71 bits per heavy atom. The molecule has 0 aliphatic heterocycles. The first-order valence-corrected chi connectivity index (χ1v) is 7.79. The average molecular weight is 323 g/mol. The molecule has 0 saturated heterocycles. The summed E-state index contributed by atoms with van der Waals surface area (Å²) >= 11 is 0. The number of fused-ring (bicyclic) bond motifs is 1. The molecule has 1 N–H and O–H groups in total. The third kappa shape index (κ3) is 3.08. The number of carbonyl (C=O) groups excluding carboxylic acids is 1. The minimum absolute atomic E-state index is 0.134. The molecule has 0 atom stereocenters. The van der Waals surface area contributed by atoms with Gasteiger partial charge in [-0.25, -0.2) is 9.97 Å². The van der Waals surface area contributed by atoms with Gasteiger partial charge in [0, 0.05) is 33.9 Å². The van der Waals surface area contributed by atoms with Gasteiger partial charge in [-0.3, -0.25) is 4.79 Å². The molecule has 0 saturated carbocycles. The van der Waals surface area contributed by atoms with E-state index in [4.69, 9.17) is 0 Å². The summed E-state index contributed by atoms with van der Waals surface area (Å²) in [6.45, 7) is 2.44. The predicted molar refractivity (Wildman–Crippen MR) is 95.2 cm³/mol. The second-order valence-corrected chi connectivity index (χ2v) is 6.02. The molecule has 0 unspecified atom stereocenters. The number of carbonyl (C=O) groups is 1. The van der Waals surface area contributed by atoms with Crippen molar-refractivity contribution in [1.29, 1.82) is 0 Å². The van der Waals surface area contributed by atoms with Crippen LogP contribution in [-0.2, 0) is 13.6 Å². The monoisotopic (exact) mass is 323 g/mol. The second kappa shape index (κ2) is 6.31. The van der Waals surface area contributed by atoms with Gasteiger partial charge in [0.1, 0.15) is 11.6 Å². The van der Waals surface area contributed by atoms with E-state index in [0.29, 0.717) is 12.1 Å². The van der Waals surface area contributed by atoms with Gasteiger partial charge in [-0.2, -0.15) is 0 Å². The van der Waals surface area contributed by atoms with E-state index in [1.54, 1.807) is 12.3 Å². The highest BCUT2D eigenvalue weighted by Crippen LogP contribution is 2.16. The zero-order valence-electron chi connectivity index (χ0n) is 14.4. The van der Waals surface area contributed by atoms with Gasteiger partial charge in [0.05, 0.1) is 16.6 Å². The van der Waals surface area contributed by atoms with E-state index in [1.165, 1.54) is 0 Å². The van der Waals surface area contributed by atoms with Crippen LogP contribution in [0, 0.1) is 6.92 Å². The number of rotatable bonds is 4. The number of nitrogens with one attached hydrogen (secondary N) is 1. The summed E-state index contributed by atoms with van der Waals surface area (Å²) in [5, 5.41) is 2.92. The fraction of sp³-hybridized carbons (Fsp3) is 0.278. The lowest BCUT2D eigenvalue weighted by Gasteiger charge is -2.11. The highest BCUT2D eigenvalue weighted by atomic mass is 16.1. The Bertz CT molecular complexity index is 880. The summed E-state index contributed by atoms with van der Waals surface area (Å²) in [5.41, 5.74) is 3.60. The third-order valence-electron chi connectivity index (χ3n) is 4.09. The topological polar surface area (TPSA) is 63.1 Å². The van der Waals surface area contributed by atoms with Crippen LogP contribution >= 0.6 is 0 Å². The van der Waals surface area contributed by atoms with Crippen LogP contribution in [0.2, 0.25) is 0 Å². The number of hydrogen-bond donors (Lipinski definition) is 1. The van der Waals surface area contributed by atoms with E-state index in [2.05, 4.69) is 19.9 Å². The number of hydrogen-bond acceptors (Lipinski definition) is 4. The number of aryl methyl sites for hydroxylation is 2. The molecule has 24 heavy (non-hydrogen) atoms. The van der Waals surface area contributed by atoms with Crippen molar-refractivity contribution in [1.82, 2.24) is 19.9 Å². The quantitative estimate of drug-likeness (QED) is 0.800. The molecule has 0 fully saturated rings. The van der Waals surface area contributed by atoms with Crippen LogP contribution in [0.25, 0.3) is 11.0 Å². The van der Waals surface area contributed by atoms with Crippen molar-refractivity contribution in [2.45, 2.75) is 13.5 Å². The second-order valence-electron chi connectivity index (χ2n) is 6.02. The van der Waals surface area contributed by atoms with Gasteiger partial charge in [-0.1, -0.05) is 6.07 Å². The highest BCUT2D eigenvalue weighted by molar-refractivity contribution is 5.94. The third-order valence-corrected chi connectivity index (χ3v) is 4.09. The molecule has 0 bridgehead atoms. The lowest BCUT2D eigenvalue weighted by Crippen LogP contribution is -2.23. The largest absolute Gasteiger partial charge is 0.363 e. The maximum atomic E-state index is 12.2. The Morgan fingerprint density at radius 2 is 2.04 bits per heavy atom. The van der Waals surface area contributed by atoms with Crippen molar-refractivity contribution in [3.05, 3.63) is 53.5 Å². The highest BCUT2D eigenvalue weighted by Gasteiger charge is 2.08. The number of benzene rings is 1. The van der Waals surface area contributed by atoms with Crippen LogP contribution in [-0.4, -0.2) is 34.5 Å². The molecule has 0 aliphatic carbocycles. The summed E-state index contributed by atoms with van der Waals surface area (Å²) in [6, 6.07) is 9.66. The fourth-order valence-corrected chi connectivity index (χ4v) is 2.55. The molecule has 1 aromatic carbocycles. The standard InChI is InChI=1S/C18H21N5O/c1-12-21-15-9-13(5-7-16(15)23(12)4)10-20-18(24)14-6-8-17(19-11-14)22(2)3/h5-9,11H,10H2,1-4H3,(H,20,24). The smallest absolute Gasteiger partial charge is 0.253 e. The maximum absolute atomic E-state index is 12.2. The molecular weight excluding hydrogens is 302 g/mol. The van der Waals surface area contributed by atoms with Crippen molar-refractivity contribution < 1.29 is 4.79 Å². The molecule has 1 amide bonds. The van der Waals surface area contributed by atoms with Crippen LogP contribution < -0.4 is 10.2 Å². The van der Waals surface area contributed by atoms with E-state index in [-0.39, 0.29) is 5.91 Å². The van der Waals surface area contributed by atoms with Gasteiger partial charge in [0.2, 0.25) is 0 Å². The summed E-state index contributed by atoms with van der Waals surface area (Å²) in [4.78, 5) is 22.9. The molecule has 6 nitrogen and oxygen atoms in total. The van der Waals surface area contributed by atoms with E-state index in [9.17, 15) is 4.79 Å². The number of anilines is 1. The zero-order chi connectivity index (χ0) is 17.3. The molecule has 0 spiro atoms. The Morgan fingerprint density at radius 1 is 1.25 bits per heavy atom. The van der Waals surface area contributed by atoms with Crippen LogP contribution in [0.15, 0.2) is 36.5 Å². The SMILES string of the molecule is Cc1nc2cc(CNC(=O)c3ccc(N(C)C)nc3)ccc2n1C. The molecule has 0 radical (unpaired) electrons. The van der Waals surface area contributed by atoms with Gasteiger partial charge in [-0.15, -0.1) is 0 Å². The van der Waals surface area contributed by atoms with Crippen molar-refractivity contribution >= 4 is 22.8 Å². The van der Waals surface area contributed by atoms with Crippen LogP contribution in [0.3, 0.4) is 0 Å². The first-order chi connectivity index (χ1) is 11.5. The van der Waals surface area contributed by atoms with Crippen molar-refractivity contribution in [2.75, 3.05) is 19.0 Å². The number of nitrogens with zero attached hydrogens (tertiary/aromatic N) is 4. The molecule has 2 aromatic heterocycles. The summed E-state index contributed by atoms with van der Waals surface area (Å²) in [6.07, 6.45) is 1.59. The van der Waals surface area contributed by atoms with Crippen molar-refractivity contribution in [3.63, 3.8) is 0 Å².